The van der Waals surface area contributed by atoms with Crippen molar-refractivity contribution < 1.29 is 4.39 Å². The molecule has 0 bridgehead atoms. The lowest BCUT2D eigenvalue weighted by Crippen LogP contribution is -2.28. The molecule has 0 aliphatic rings. The minimum absolute atomic E-state index is 0.114. The highest BCUT2D eigenvalue weighted by Gasteiger charge is 2.21. The molecule has 0 unspecified atom stereocenters. The Morgan fingerprint density at radius 1 is 1.06 bits per heavy atom. The second-order valence-corrected chi connectivity index (χ2v) is 8.02. The van der Waals surface area contributed by atoms with E-state index in [4.69, 9.17) is 17.4 Å². The van der Waals surface area contributed by atoms with Gasteiger partial charge in [0.1, 0.15) is 6.67 Å². The van der Waals surface area contributed by atoms with Crippen molar-refractivity contribution in [3.8, 4) is 28.3 Å². The zero-order valence-corrected chi connectivity index (χ0v) is 19.0. The fourth-order valence-electron chi connectivity index (χ4n) is 3.70. The number of nitrogen functional groups attached to an aromatic ring is 1. The third-order valence-corrected chi connectivity index (χ3v) is 5.69. The first kappa shape index (κ1) is 23.1. The first-order valence-electron chi connectivity index (χ1n) is 10.3. The second-order valence-electron chi connectivity index (χ2n) is 7.58. The highest BCUT2D eigenvalue weighted by molar-refractivity contribution is 6.30. The SMILES string of the molecule is Cc1nc(CF)ccc1Cn1nc(NN)c(-c2ccc(Cl)cc2)c(-c2ccc(C#N)cc2)c1=O. The molecule has 0 saturated heterocycles. The molecule has 0 fully saturated rings. The van der Waals surface area contributed by atoms with Gasteiger partial charge in [-0.3, -0.25) is 9.78 Å². The van der Waals surface area contributed by atoms with Crippen molar-refractivity contribution in [2.45, 2.75) is 20.1 Å². The predicted octanol–water partition coefficient (Wildman–Crippen LogP) is 4.61. The third kappa shape index (κ3) is 4.53. The molecule has 34 heavy (non-hydrogen) atoms. The fraction of sp³-hybridized carbons (Fsp3) is 0.120. The second kappa shape index (κ2) is 9.83. The molecule has 2 aromatic carbocycles. The van der Waals surface area contributed by atoms with E-state index in [-0.39, 0.29) is 17.9 Å². The smallest absolute Gasteiger partial charge is 0.275 e. The lowest BCUT2D eigenvalue weighted by atomic mass is 9.95. The summed E-state index contributed by atoms with van der Waals surface area (Å²) in [6.45, 7) is 1.20. The van der Waals surface area contributed by atoms with Gasteiger partial charge in [-0.15, -0.1) is 5.10 Å². The number of nitrogens with zero attached hydrogens (tertiary/aromatic N) is 4. The number of anilines is 1. The molecule has 0 atom stereocenters. The number of hydrogen-bond acceptors (Lipinski definition) is 6. The highest BCUT2D eigenvalue weighted by Crippen LogP contribution is 2.35. The fourth-order valence-corrected chi connectivity index (χ4v) is 3.83. The molecule has 0 amide bonds. The van der Waals surface area contributed by atoms with Gasteiger partial charge in [-0.2, -0.15) is 5.26 Å². The number of nitrogens with one attached hydrogen (secondary N) is 1. The van der Waals surface area contributed by atoms with Gasteiger partial charge in [-0.25, -0.2) is 14.9 Å². The molecule has 2 aromatic heterocycles. The molecular weight excluding hydrogens is 455 g/mol. The molecule has 0 radical (unpaired) electrons. The number of hydrazine groups is 1. The number of nitrogens with two attached hydrogens (primary N) is 1. The van der Waals surface area contributed by atoms with Gasteiger partial charge in [0, 0.05) is 16.3 Å². The standard InChI is InChI=1S/C25H20ClFN6O/c1-15-19(8-11-21(12-27)30-15)14-33-25(34)23(18-4-2-16(13-28)3-5-18)22(24(31-29)32-33)17-6-9-20(26)10-7-17/h2-11H,12,14,29H2,1H3,(H,31,32). The van der Waals surface area contributed by atoms with Crippen molar-refractivity contribution in [1.29, 1.82) is 5.26 Å². The molecule has 0 saturated carbocycles. The Morgan fingerprint density at radius 3 is 2.29 bits per heavy atom. The summed E-state index contributed by atoms with van der Waals surface area (Å²) in [4.78, 5) is 18.0. The van der Waals surface area contributed by atoms with Gasteiger partial charge in [0.2, 0.25) is 0 Å². The number of halogens is 2. The van der Waals surface area contributed by atoms with Crippen LogP contribution in [0.3, 0.4) is 0 Å². The van der Waals surface area contributed by atoms with E-state index in [0.717, 1.165) is 5.56 Å². The summed E-state index contributed by atoms with van der Waals surface area (Å²) < 4.78 is 14.3. The summed E-state index contributed by atoms with van der Waals surface area (Å²) in [5.74, 6) is 6.12. The highest BCUT2D eigenvalue weighted by atomic mass is 35.5. The van der Waals surface area contributed by atoms with Gasteiger partial charge in [0.25, 0.3) is 5.56 Å². The van der Waals surface area contributed by atoms with Crippen molar-refractivity contribution >= 4 is 17.4 Å². The van der Waals surface area contributed by atoms with Gasteiger partial charge < -0.3 is 5.43 Å². The molecule has 0 spiro atoms. The van der Waals surface area contributed by atoms with Gasteiger partial charge in [-0.05, 0) is 53.9 Å². The Kier molecular flexibility index (Phi) is 6.68. The van der Waals surface area contributed by atoms with Gasteiger partial charge in [-0.1, -0.05) is 41.9 Å². The topological polar surface area (TPSA) is 110 Å². The Morgan fingerprint density at radius 2 is 1.71 bits per heavy atom. The van der Waals surface area contributed by atoms with Crippen molar-refractivity contribution in [2.24, 2.45) is 5.84 Å². The van der Waals surface area contributed by atoms with Gasteiger partial charge in [0.05, 0.1) is 29.4 Å². The Balaban J connectivity index is 1.95. The zero-order valence-electron chi connectivity index (χ0n) is 18.2. The monoisotopic (exact) mass is 474 g/mol. The Labute approximate surface area is 200 Å². The number of rotatable bonds is 6. The molecule has 2 heterocycles. The van der Waals surface area contributed by atoms with E-state index in [0.29, 0.717) is 44.2 Å². The number of aryl methyl sites for hydroxylation is 1. The minimum atomic E-state index is -0.667. The van der Waals surface area contributed by atoms with Crippen molar-refractivity contribution in [3.05, 3.63) is 98.6 Å². The number of nitriles is 1. The van der Waals surface area contributed by atoms with Crippen molar-refractivity contribution in [2.75, 3.05) is 5.43 Å². The van der Waals surface area contributed by atoms with E-state index in [1.165, 1.54) is 4.68 Å². The molecule has 170 valence electrons. The van der Waals surface area contributed by atoms with Crippen LogP contribution in [-0.4, -0.2) is 14.8 Å². The molecule has 7 nitrogen and oxygen atoms in total. The average Bonchev–Trinajstić information content (AvgIpc) is 2.86. The Hall–Kier alpha value is -4.06. The van der Waals surface area contributed by atoms with Crippen LogP contribution in [0.15, 0.2) is 65.5 Å². The van der Waals surface area contributed by atoms with E-state index < -0.39 is 6.67 Å². The maximum Gasteiger partial charge on any atom is 0.275 e. The summed E-state index contributed by atoms with van der Waals surface area (Å²) >= 11 is 6.06. The Bertz CT molecular complexity index is 1440. The summed E-state index contributed by atoms with van der Waals surface area (Å²) in [5.41, 5.74) is 6.53. The zero-order chi connectivity index (χ0) is 24.2. The molecule has 9 heteroatoms. The summed E-state index contributed by atoms with van der Waals surface area (Å²) in [6.07, 6.45) is 0. The van der Waals surface area contributed by atoms with Crippen LogP contribution in [0.2, 0.25) is 5.02 Å². The number of alkyl halides is 1. The molecule has 3 N–H and O–H groups in total. The molecule has 0 aliphatic carbocycles. The van der Waals surface area contributed by atoms with Crippen LogP contribution < -0.4 is 16.8 Å². The lowest BCUT2D eigenvalue weighted by molar-refractivity contribution is 0.475. The largest absolute Gasteiger partial charge is 0.306 e. The quantitative estimate of drug-likeness (QED) is 0.312. The summed E-state index contributed by atoms with van der Waals surface area (Å²) in [7, 11) is 0. The first-order valence-corrected chi connectivity index (χ1v) is 10.7. The normalized spacial score (nSPS) is 10.7. The van der Waals surface area contributed by atoms with E-state index >= 15 is 0 Å². The predicted molar refractivity (Wildman–Crippen MR) is 130 cm³/mol. The van der Waals surface area contributed by atoms with Gasteiger partial charge >= 0.3 is 0 Å². The third-order valence-electron chi connectivity index (χ3n) is 5.44. The lowest BCUT2D eigenvalue weighted by Gasteiger charge is -2.17. The first-order chi connectivity index (χ1) is 16.4. The number of pyridine rings is 1. The summed E-state index contributed by atoms with van der Waals surface area (Å²) in [5, 5.41) is 14.2. The van der Waals surface area contributed by atoms with E-state index in [1.807, 2.05) is 0 Å². The molecule has 0 aliphatic heterocycles. The maximum atomic E-state index is 13.8. The van der Waals surface area contributed by atoms with Crippen molar-refractivity contribution in [1.82, 2.24) is 14.8 Å². The van der Waals surface area contributed by atoms with E-state index in [9.17, 15) is 14.4 Å². The number of aromatic nitrogens is 3. The van der Waals surface area contributed by atoms with Crippen LogP contribution in [0.1, 0.15) is 22.5 Å². The van der Waals surface area contributed by atoms with Crippen LogP contribution in [0.5, 0.6) is 0 Å². The van der Waals surface area contributed by atoms with E-state index in [2.05, 4.69) is 21.6 Å². The molecule has 4 aromatic rings. The number of benzene rings is 2. The van der Waals surface area contributed by atoms with Crippen LogP contribution in [-0.2, 0) is 13.2 Å². The average molecular weight is 475 g/mol. The maximum absolute atomic E-state index is 13.8. The van der Waals surface area contributed by atoms with Crippen LogP contribution in [0.4, 0.5) is 10.2 Å². The van der Waals surface area contributed by atoms with E-state index in [1.54, 1.807) is 67.6 Å². The van der Waals surface area contributed by atoms with Gasteiger partial charge in [0.15, 0.2) is 5.82 Å². The van der Waals surface area contributed by atoms with Crippen molar-refractivity contribution in [3.63, 3.8) is 0 Å². The molecular formula is C25H20ClFN6O. The summed E-state index contributed by atoms with van der Waals surface area (Å²) in [6, 6.07) is 19.1. The van der Waals surface area contributed by atoms with Crippen LogP contribution >= 0.6 is 11.6 Å². The van der Waals surface area contributed by atoms with Crippen LogP contribution in [0, 0.1) is 18.3 Å². The minimum Gasteiger partial charge on any atom is -0.306 e. The van der Waals surface area contributed by atoms with Crippen LogP contribution in [0.25, 0.3) is 22.3 Å². The number of hydrogen-bond donors (Lipinski definition) is 2. The molecule has 4 rings (SSSR count).